The molecule has 0 radical (unpaired) electrons. The molecule has 7 nitrogen and oxygen atoms in total. The second-order valence-electron chi connectivity index (χ2n) is 6.68. The highest BCUT2D eigenvalue weighted by atomic mass is 35.5. The normalized spacial score (nSPS) is 11.3. The summed E-state index contributed by atoms with van der Waals surface area (Å²) in [5.41, 5.74) is 4.32. The van der Waals surface area contributed by atoms with Gasteiger partial charge in [-0.1, -0.05) is 17.7 Å². The Morgan fingerprint density at radius 3 is 2.86 bits per heavy atom. The topological polar surface area (TPSA) is 80.7 Å². The number of halogens is 1. The van der Waals surface area contributed by atoms with Gasteiger partial charge in [0, 0.05) is 35.6 Å². The van der Waals surface area contributed by atoms with Gasteiger partial charge < -0.3 is 19.6 Å². The molecule has 5 aromatic rings. The zero-order chi connectivity index (χ0) is 20.0. The summed E-state index contributed by atoms with van der Waals surface area (Å²) < 4.78 is 7.28. The summed E-state index contributed by atoms with van der Waals surface area (Å²) in [4.78, 5) is 17.1. The summed E-state index contributed by atoms with van der Waals surface area (Å²) >= 11 is 6.13. The highest BCUT2D eigenvalue weighted by Crippen LogP contribution is 2.34. The van der Waals surface area contributed by atoms with Crippen LogP contribution in [0.4, 0.5) is 11.5 Å². The Balaban J connectivity index is 1.68. The third kappa shape index (κ3) is 3.05. The van der Waals surface area contributed by atoms with Crippen molar-refractivity contribution in [3.8, 4) is 17.1 Å². The smallest absolute Gasteiger partial charge is 0.145 e. The number of imidazole rings is 1. The lowest BCUT2D eigenvalue weighted by molar-refractivity contribution is 0.415. The minimum Gasteiger partial charge on any atom is -0.497 e. The van der Waals surface area contributed by atoms with Crippen LogP contribution in [0.1, 0.15) is 0 Å². The molecule has 0 aliphatic carbocycles. The van der Waals surface area contributed by atoms with E-state index >= 15 is 0 Å². The average molecular weight is 405 g/mol. The van der Waals surface area contributed by atoms with Gasteiger partial charge in [-0.25, -0.2) is 15.0 Å². The van der Waals surface area contributed by atoms with Crippen LogP contribution in [0.3, 0.4) is 0 Å². The average Bonchev–Trinajstić information content (AvgIpc) is 3.29. The maximum Gasteiger partial charge on any atom is 0.145 e. The van der Waals surface area contributed by atoms with Crippen LogP contribution in [0.5, 0.6) is 5.75 Å². The van der Waals surface area contributed by atoms with E-state index in [0.29, 0.717) is 10.8 Å². The first-order chi connectivity index (χ1) is 14.1. The molecule has 0 aliphatic heterocycles. The van der Waals surface area contributed by atoms with Crippen LogP contribution in [-0.2, 0) is 7.05 Å². The lowest BCUT2D eigenvalue weighted by Gasteiger charge is -2.08. The van der Waals surface area contributed by atoms with Crippen molar-refractivity contribution in [2.75, 3.05) is 12.4 Å². The second-order valence-corrected chi connectivity index (χ2v) is 7.11. The molecular formula is C21H17ClN6O. The van der Waals surface area contributed by atoms with Crippen molar-refractivity contribution in [3.63, 3.8) is 0 Å². The monoisotopic (exact) mass is 404 g/mol. The molecule has 3 heterocycles. The Morgan fingerprint density at radius 2 is 2.03 bits per heavy atom. The molecule has 0 bridgehead atoms. The number of H-pyrrole nitrogens is 1. The van der Waals surface area contributed by atoms with Gasteiger partial charge in [-0.15, -0.1) is 0 Å². The molecule has 2 aromatic carbocycles. The Labute approximate surface area is 171 Å². The van der Waals surface area contributed by atoms with Gasteiger partial charge in [0.15, 0.2) is 0 Å². The predicted octanol–water partition coefficient (Wildman–Crippen LogP) is 4.92. The Morgan fingerprint density at radius 1 is 1.14 bits per heavy atom. The summed E-state index contributed by atoms with van der Waals surface area (Å²) in [6.45, 7) is 0. The summed E-state index contributed by atoms with van der Waals surface area (Å²) in [6, 6.07) is 13.3. The zero-order valence-electron chi connectivity index (χ0n) is 15.8. The van der Waals surface area contributed by atoms with E-state index in [0.717, 1.165) is 44.9 Å². The quantitative estimate of drug-likeness (QED) is 0.444. The highest BCUT2D eigenvalue weighted by molar-refractivity contribution is 6.30. The van der Waals surface area contributed by atoms with Gasteiger partial charge in [0.2, 0.25) is 0 Å². The van der Waals surface area contributed by atoms with Crippen LogP contribution in [-0.4, -0.2) is 31.6 Å². The van der Waals surface area contributed by atoms with Crippen LogP contribution in [0.25, 0.3) is 33.5 Å². The minimum absolute atomic E-state index is 0.653. The standard InChI is InChI=1S/C21H17ClN6O/c1-28-10-15(19-26-16-7-6-14(29-2)9-17(16)27-19)18-20(23-11-24-21(18)28)25-13-5-3-4-12(22)8-13/h3-11H,1-2H3,(H,26,27)(H,23,24,25). The largest absolute Gasteiger partial charge is 0.497 e. The first-order valence-electron chi connectivity index (χ1n) is 8.99. The van der Waals surface area contributed by atoms with Crippen molar-refractivity contribution in [1.29, 1.82) is 0 Å². The zero-order valence-corrected chi connectivity index (χ0v) is 16.5. The van der Waals surface area contributed by atoms with Crippen molar-refractivity contribution in [2.24, 2.45) is 7.05 Å². The molecule has 5 rings (SSSR count). The van der Waals surface area contributed by atoms with Crippen molar-refractivity contribution < 1.29 is 4.74 Å². The van der Waals surface area contributed by atoms with Gasteiger partial charge in [0.25, 0.3) is 0 Å². The van der Waals surface area contributed by atoms with E-state index in [1.807, 2.05) is 60.3 Å². The predicted molar refractivity (Wildman–Crippen MR) is 115 cm³/mol. The lowest BCUT2D eigenvalue weighted by atomic mass is 10.2. The van der Waals surface area contributed by atoms with Crippen LogP contribution >= 0.6 is 11.6 Å². The molecule has 3 aromatic heterocycles. The number of nitrogens with one attached hydrogen (secondary N) is 2. The third-order valence-electron chi connectivity index (χ3n) is 4.78. The van der Waals surface area contributed by atoms with Crippen molar-refractivity contribution >= 4 is 45.2 Å². The fourth-order valence-corrected chi connectivity index (χ4v) is 3.62. The first-order valence-corrected chi connectivity index (χ1v) is 9.37. The summed E-state index contributed by atoms with van der Waals surface area (Å²) in [5, 5.41) is 4.88. The van der Waals surface area contributed by atoms with E-state index < -0.39 is 0 Å². The minimum atomic E-state index is 0.653. The van der Waals surface area contributed by atoms with Gasteiger partial charge in [0.05, 0.1) is 23.5 Å². The molecule has 0 amide bonds. The molecule has 2 N–H and O–H groups in total. The van der Waals surface area contributed by atoms with E-state index in [1.165, 1.54) is 0 Å². The molecule has 8 heteroatoms. The molecule has 0 atom stereocenters. The number of ether oxygens (including phenoxy) is 1. The highest BCUT2D eigenvalue weighted by Gasteiger charge is 2.18. The molecular weight excluding hydrogens is 388 g/mol. The number of fused-ring (bicyclic) bond motifs is 2. The van der Waals surface area contributed by atoms with Gasteiger partial charge in [-0.3, -0.25) is 0 Å². The molecule has 0 fully saturated rings. The lowest BCUT2D eigenvalue weighted by Crippen LogP contribution is -1.97. The van der Waals surface area contributed by atoms with Crippen LogP contribution in [0, 0.1) is 0 Å². The molecule has 0 aliphatic rings. The molecule has 0 saturated heterocycles. The van der Waals surface area contributed by atoms with Gasteiger partial charge in [-0.2, -0.15) is 0 Å². The van der Waals surface area contributed by atoms with Crippen molar-refractivity contribution in [2.45, 2.75) is 0 Å². The number of rotatable bonds is 4. The fraction of sp³-hybridized carbons (Fsp3) is 0.0952. The fourth-order valence-electron chi connectivity index (χ4n) is 3.43. The Hall–Kier alpha value is -3.58. The van der Waals surface area contributed by atoms with Crippen molar-refractivity contribution in [1.82, 2.24) is 24.5 Å². The van der Waals surface area contributed by atoms with Crippen LogP contribution in [0.2, 0.25) is 5.02 Å². The molecule has 0 saturated carbocycles. The Bertz CT molecular complexity index is 1360. The maximum absolute atomic E-state index is 6.13. The molecule has 144 valence electrons. The first kappa shape index (κ1) is 17.5. The number of benzene rings is 2. The number of hydrogen-bond donors (Lipinski definition) is 2. The number of aromatic nitrogens is 5. The van der Waals surface area contributed by atoms with E-state index in [-0.39, 0.29) is 0 Å². The molecule has 0 unspecified atom stereocenters. The third-order valence-corrected chi connectivity index (χ3v) is 5.02. The van der Waals surface area contributed by atoms with Crippen molar-refractivity contribution in [3.05, 3.63) is 60.0 Å². The van der Waals surface area contributed by atoms with E-state index in [1.54, 1.807) is 13.4 Å². The van der Waals surface area contributed by atoms with Gasteiger partial charge in [-0.05, 0) is 30.3 Å². The second kappa shape index (κ2) is 6.79. The summed E-state index contributed by atoms with van der Waals surface area (Å²) in [7, 11) is 3.60. The number of methoxy groups -OCH3 is 1. The number of nitrogens with zero attached hydrogens (tertiary/aromatic N) is 4. The van der Waals surface area contributed by atoms with E-state index in [4.69, 9.17) is 21.3 Å². The van der Waals surface area contributed by atoms with Gasteiger partial charge >= 0.3 is 0 Å². The molecule has 0 spiro atoms. The van der Waals surface area contributed by atoms with Crippen LogP contribution < -0.4 is 10.1 Å². The van der Waals surface area contributed by atoms with E-state index in [9.17, 15) is 0 Å². The van der Waals surface area contributed by atoms with E-state index in [2.05, 4.69) is 20.3 Å². The maximum atomic E-state index is 6.13. The Kier molecular flexibility index (Phi) is 4.10. The number of aryl methyl sites for hydroxylation is 1. The SMILES string of the molecule is COc1ccc2nc(-c3cn(C)c4ncnc(Nc5cccc(Cl)c5)c34)[nH]c2c1. The number of hydrogen-bond acceptors (Lipinski definition) is 5. The van der Waals surface area contributed by atoms with Crippen LogP contribution in [0.15, 0.2) is 55.0 Å². The van der Waals surface area contributed by atoms with Gasteiger partial charge in [0.1, 0.15) is 29.4 Å². The summed E-state index contributed by atoms with van der Waals surface area (Å²) in [6.07, 6.45) is 3.54. The summed E-state index contributed by atoms with van der Waals surface area (Å²) in [5.74, 6) is 2.20. The molecule has 29 heavy (non-hydrogen) atoms. The number of anilines is 2. The number of aromatic amines is 1.